The molecule has 1 aromatic carbocycles. The van der Waals surface area contributed by atoms with Crippen molar-refractivity contribution in [2.75, 3.05) is 20.1 Å². The summed E-state index contributed by atoms with van der Waals surface area (Å²) in [6.45, 7) is 12.1. The fourth-order valence-corrected chi connectivity index (χ4v) is 2.61. The molecule has 0 aliphatic heterocycles. The van der Waals surface area contributed by atoms with Crippen molar-refractivity contribution in [2.24, 2.45) is 5.41 Å². The van der Waals surface area contributed by atoms with E-state index in [9.17, 15) is 0 Å². The highest BCUT2D eigenvalue weighted by atomic mass is 35.5. The molecular weight excluding hydrogens is 268 g/mol. The summed E-state index contributed by atoms with van der Waals surface area (Å²) in [5.74, 6) is 0. The van der Waals surface area contributed by atoms with E-state index >= 15 is 0 Å². The molecule has 0 saturated heterocycles. The van der Waals surface area contributed by atoms with Crippen LogP contribution in [0.5, 0.6) is 0 Å². The first-order valence-corrected chi connectivity index (χ1v) is 7.89. The first-order valence-electron chi connectivity index (χ1n) is 7.51. The van der Waals surface area contributed by atoms with Gasteiger partial charge in [-0.3, -0.25) is 0 Å². The summed E-state index contributed by atoms with van der Waals surface area (Å²) in [6.07, 6.45) is 1.17. The molecule has 0 fully saturated rings. The molecule has 0 spiro atoms. The van der Waals surface area contributed by atoms with Crippen LogP contribution in [0, 0.1) is 5.41 Å². The van der Waals surface area contributed by atoms with E-state index in [1.54, 1.807) is 0 Å². The lowest BCUT2D eigenvalue weighted by atomic mass is 9.86. The molecule has 0 saturated carbocycles. The summed E-state index contributed by atoms with van der Waals surface area (Å²) in [4.78, 5) is 2.39. The Balaban J connectivity index is 2.56. The third-order valence-electron chi connectivity index (χ3n) is 3.78. The lowest BCUT2D eigenvalue weighted by molar-refractivity contribution is 0.172. The van der Waals surface area contributed by atoms with Crippen LogP contribution in [-0.4, -0.2) is 31.1 Å². The number of hydrogen-bond donors (Lipinski definition) is 1. The molecule has 1 rings (SSSR count). The number of hydrogen-bond acceptors (Lipinski definition) is 2. The smallest absolute Gasteiger partial charge is 0.0409 e. The quantitative estimate of drug-likeness (QED) is 0.774. The fraction of sp³-hybridized carbons (Fsp3) is 0.647. The van der Waals surface area contributed by atoms with Gasteiger partial charge in [0.25, 0.3) is 0 Å². The van der Waals surface area contributed by atoms with E-state index in [2.05, 4.69) is 51.0 Å². The minimum Gasteiger partial charge on any atom is -0.314 e. The molecule has 0 aliphatic rings. The van der Waals surface area contributed by atoms with Crippen LogP contribution in [0.1, 0.15) is 39.7 Å². The largest absolute Gasteiger partial charge is 0.314 e. The van der Waals surface area contributed by atoms with Crippen molar-refractivity contribution in [3.05, 3.63) is 34.9 Å². The van der Waals surface area contributed by atoms with Crippen LogP contribution in [0.4, 0.5) is 0 Å². The Bertz CT molecular complexity index is 406. The van der Waals surface area contributed by atoms with Crippen molar-refractivity contribution in [3.63, 3.8) is 0 Å². The molecule has 2 nitrogen and oxygen atoms in total. The van der Waals surface area contributed by atoms with Gasteiger partial charge in [-0.15, -0.1) is 0 Å². The highest BCUT2D eigenvalue weighted by molar-refractivity contribution is 6.30. The summed E-state index contributed by atoms with van der Waals surface area (Å²) in [5, 5.41) is 4.38. The summed E-state index contributed by atoms with van der Waals surface area (Å²) in [5.41, 5.74) is 1.58. The molecular formula is C17H29ClN2. The third-order valence-corrected chi connectivity index (χ3v) is 4.02. The molecule has 114 valence electrons. The number of nitrogens with zero attached hydrogens (tertiary/aromatic N) is 1. The minimum atomic E-state index is 0.303. The lowest BCUT2D eigenvalue weighted by Gasteiger charge is -2.34. The van der Waals surface area contributed by atoms with Gasteiger partial charge >= 0.3 is 0 Å². The molecule has 3 heteroatoms. The van der Waals surface area contributed by atoms with Gasteiger partial charge in [-0.2, -0.15) is 0 Å². The van der Waals surface area contributed by atoms with Gasteiger partial charge in [0, 0.05) is 30.7 Å². The summed E-state index contributed by atoms with van der Waals surface area (Å²) < 4.78 is 0. The fourth-order valence-electron chi connectivity index (χ4n) is 2.40. The van der Waals surface area contributed by atoms with E-state index < -0.39 is 0 Å². The van der Waals surface area contributed by atoms with Crippen LogP contribution in [0.2, 0.25) is 5.02 Å². The van der Waals surface area contributed by atoms with Gasteiger partial charge in [-0.25, -0.2) is 0 Å². The van der Waals surface area contributed by atoms with E-state index in [-0.39, 0.29) is 0 Å². The highest BCUT2D eigenvalue weighted by Crippen LogP contribution is 2.22. The zero-order chi connectivity index (χ0) is 15.2. The van der Waals surface area contributed by atoms with Crippen LogP contribution >= 0.6 is 11.6 Å². The standard InChI is InChI=1S/C17H29ClN2/c1-6-17(4,12-19-14(2)3)13-20(5)11-15-8-7-9-16(18)10-15/h7-10,14,19H,6,11-13H2,1-5H3. The Kier molecular flexibility index (Phi) is 7.01. The van der Waals surface area contributed by atoms with Gasteiger partial charge in [-0.05, 0) is 36.6 Å². The Hall–Kier alpha value is -0.570. The molecule has 1 N–H and O–H groups in total. The molecule has 0 aromatic heterocycles. The highest BCUT2D eigenvalue weighted by Gasteiger charge is 2.24. The average molecular weight is 297 g/mol. The van der Waals surface area contributed by atoms with E-state index in [4.69, 9.17) is 11.6 Å². The topological polar surface area (TPSA) is 15.3 Å². The van der Waals surface area contributed by atoms with E-state index in [1.807, 2.05) is 18.2 Å². The molecule has 1 atom stereocenters. The van der Waals surface area contributed by atoms with Crippen molar-refractivity contribution >= 4 is 11.6 Å². The molecule has 0 amide bonds. The monoisotopic (exact) mass is 296 g/mol. The Morgan fingerprint density at radius 3 is 2.60 bits per heavy atom. The van der Waals surface area contributed by atoms with E-state index in [0.29, 0.717) is 11.5 Å². The van der Waals surface area contributed by atoms with Crippen molar-refractivity contribution < 1.29 is 0 Å². The molecule has 0 radical (unpaired) electrons. The summed E-state index contributed by atoms with van der Waals surface area (Å²) in [7, 11) is 2.18. The molecule has 0 bridgehead atoms. The predicted octanol–water partition coefficient (Wildman–Crippen LogP) is 4.19. The molecule has 1 unspecified atom stereocenters. The van der Waals surface area contributed by atoms with Gasteiger partial charge in [0.15, 0.2) is 0 Å². The molecule has 1 aromatic rings. The molecule has 0 heterocycles. The first-order chi connectivity index (χ1) is 9.34. The Morgan fingerprint density at radius 1 is 1.35 bits per heavy atom. The maximum Gasteiger partial charge on any atom is 0.0409 e. The second-order valence-corrected chi connectivity index (χ2v) is 6.94. The molecule has 20 heavy (non-hydrogen) atoms. The van der Waals surface area contributed by atoms with Gasteiger partial charge in [-0.1, -0.05) is 51.4 Å². The van der Waals surface area contributed by atoms with Crippen molar-refractivity contribution in [2.45, 2.75) is 46.7 Å². The summed E-state index contributed by atoms with van der Waals surface area (Å²) in [6, 6.07) is 8.67. The van der Waals surface area contributed by atoms with Crippen molar-refractivity contribution in [1.29, 1.82) is 0 Å². The zero-order valence-corrected chi connectivity index (χ0v) is 14.3. The maximum atomic E-state index is 6.04. The van der Waals surface area contributed by atoms with Crippen LogP contribution in [0.15, 0.2) is 24.3 Å². The van der Waals surface area contributed by atoms with Crippen molar-refractivity contribution in [1.82, 2.24) is 10.2 Å². The van der Waals surface area contributed by atoms with Gasteiger partial charge in [0.1, 0.15) is 0 Å². The second kappa shape index (κ2) is 8.02. The minimum absolute atomic E-state index is 0.303. The number of nitrogens with one attached hydrogen (secondary N) is 1. The van der Waals surface area contributed by atoms with Gasteiger partial charge in [0.2, 0.25) is 0 Å². The van der Waals surface area contributed by atoms with E-state index in [1.165, 1.54) is 12.0 Å². The Morgan fingerprint density at radius 2 is 2.05 bits per heavy atom. The van der Waals surface area contributed by atoms with Crippen LogP contribution in [0.25, 0.3) is 0 Å². The predicted molar refractivity (Wildman–Crippen MR) is 89.3 cm³/mol. The van der Waals surface area contributed by atoms with Gasteiger partial charge in [0.05, 0.1) is 0 Å². The maximum absolute atomic E-state index is 6.04. The van der Waals surface area contributed by atoms with Crippen LogP contribution < -0.4 is 5.32 Å². The lowest BCUT2D eigenvalue weighted by Crippen LogP contribution is -2.42. The Labute approximate surface area is 129 Å². The number of rotatable bonds is 8. The van der Waals surface area contributed by atoms with Crippen LogP contribution in [0.3, 0.4) is 0 Å². The number of benzene rings is 1. The SMILES string of the molecule is CCC(C)(CNC(C)C)CN(C)Cc1cccc(Cl)c1. The van der Waals surface area contributed by atoms with Crippen LogP contribution in [-0.2, 0) is 6.54 Å². The number of halogens is 1. The van der Waals surface area contributed by atoms with E-state index in [0.717, 1.165) is 24.7 Å². The normalized spacial score (nSPS) is 14.8. The summed E-state index contributed by atoms with van der Waals surface area (Å²) >= 11 is 6.04. The second-order valence-electron chi connectivity index (χ2n) is 6.50. The third kappa shape index (κ3) is 6.25. The molecule has 0 aliphatic carbocycles. The van der Waals surface area contributed by atoms with Crippen molar-refractivity contribution in [3.8, 4) is 0 Å². The van der Waals surface area contributed by atoms with Gasteiger partial charge < -0.3 is 10.2 Å². The zero-order valence-electron chi connectivity index (χ0n) is 13.5. The average Bonchev–Trinajstić information content (AvgIpc) is 2.36. The first kappa shape index (κ1) is 17.5.